The Labute approximate surface area is 251 Å². The maximum absolute atomic E-state index is 13.4. The van der Waals surface area contributed by atoms with E-state index >= 15 is 0 Å². The molecule has 5 rings (SSSR count). The van der Waals surface area contributed by atoms with E-state index in [1.165, 1.54) is 13.3 Å². The lowest BCUT2D eigenvalue weighted by Gasteiger charge is -2.09. The molecule has 0 aliphatic heterocycles. The predicted octanol–water partition coefficient (Wildman–Crippen LogP) is 8.01. The van der Waals surface area contributed by atoms with Gasteiger partial charge in [0.15, 0.2) is 0 Å². The third kappa shape index (κ3) is 5.96. The Bertz CT molecular complexity index is 1780. The second-order valence-corrected chi connectivity index (χ2v) is 10.8. The minimum absolute atomic E-state index is 0.265. The summed E-state index contributed by atoms with van der Waals surface area (Å²) in [5.74, 6) is -0.228. The Kier molecular flexibility index (Phi) is 8.35. The van der Waals surface area contributed by atoms with Crippen molar-refractivity contribution in [3.8, 4) is 22.6 Å². The number of H-pyrrole nitrogens is 1. The molecule has 0 radical (unpaired) electrons. The van der Waals surface area contributed by atoms with Crippen LogP contribution >= 0.6 is 43.5 Å². The summed E-state index contributed by atoms with van der Waals surface area (Å²) >= 11 is 13.4. The lowest BCUT2D eigenvalue weighted by atomic mass is 10.0. The van der Waals surface area contributed by atoms with E-state index in [9.17, 15) is 9.59 Å². The third-order valence-electron chi connectivity index (χ3n) is 5.98. The van der Waals surface area contributed by atoms with Crippen LogP contribution < -0.4 is 14.9 Å². The zero-order valence-electron chi connectivity index (χ0n) is 20.9. The van der Waals surface area contributed by atoms with Crippen molar-refractivity contribution in [2.45, 2.75) is 0 Å². The Balaban J connectivity index is 1.42. The number of hydrogen-bond donors (Lipinski definition) is 2. The van der Waals surface area contributed by atoms with E-state index in [0.717, 1.165) is 19.8 Å². The largest absolute Gasteiger partial charge is 0.497 e. The summed E-state index contributed by atoms with van der Waals surface area (Å²) in [5.41, 5.74) is 5.81. The molecular formula is C30H20Br2ClN3O4. The fourth-order valence-electron chi connectivity index (χ4n) is 4.12. The van der Waals surface area contributed by atoms with E-state index in [1.807, 2.05) is 36.4 Å². The normalized spacial score (nSPS) is 11.1. The average Bonchev–Trinajstić information content (AvgIpc) is 3.33. The highest BCUT2D eigenvalue weighted by molar-refractivity contribution is 9.10. The van der Waals surface area contributed by atoms with Gasteiger partial charge in [-0.3, -0.25) is 4.79 Å². The Morgan fingerprint density at radius 3 is 2.52 bits per heavy atom. The number of halogens is 3. The molecule has 0 saturated carbocycles. The number of methoxy groups -OCH3 is 1. The van der Waals surface area contributed by atoms with Crippen molar-refractivity contribution >= 4 is 72.5 Å². The zero-order chi connectivity index (χ0) is 28.2. The first-order valence-corrected chi connectivity index (χ1v) is 13.9. The molecule has 200 valence electrons. The second-order valence-electron chi connectivity index (χ2n) is 8.55. The number of hydrogen-bond acceptors (Lipinski definition) is 5. The van der Waals surface area contributed by atoms with Crippen molar-refractivity contribution in [1.82, 2.24) is 10.4 Å². The van der Waals surface area contributed by atoms with Crippen LogP contribution in [0, 0.1) is 0 Å². The van der Waals surface area contributed by atoms with Crippen LogP contribution in [0.15, 0.2) is 99.0 Å². The topological polar surface area (TPSA) is 92.8 Å². The van der Waals surface area contributed by atoms with Gasteiger partial charge in [0.05, 0.1) is 18.9 Å². The fourth-order valence-corrected chi connectivity index (χ4v) is 5.09. The highest BCUT2D eigenvalue weighted by Gasteiger charge is 2.21. The van der Waals surface area contributed by atoms with Crippen LogP contribution in [0.2, 0.25) is 5.02 Å². The average molecular weight is 682 g/mol. The van der Waals surface area contributed by atoms with Crippen LogP contribution in [0.5, 0.6) is 11.5 Å². The number of aromatic nitrogens is 1. The molecule has 0 fully saturated rings. The molecule has 0 aliphatic rings. The number of nitrogens with zero attached hydrogens (tertiary/aromatic N) is 1. The van der Waals surface area contributed by atoms with Gasteiger partial charge < -0.3 is 14.5 Å². The third-order valence-corrected chi connectivity index (χ3v) is 7.30. The molecule has 0 spiro atoms. The van der Waals surface area contributed by atoms with Gasteiger partial charge in [-0.2, -0.15) is 5.10 Å². The molecule has 10 heteroatoms. The number of hydrazone groups is 1. The van der Waals surface area contributed by atoms with Crippen molar-refractivity contribution in [3.05, 3.63) is 116 Å². The summed E-state index contributed by atoms with van der Waals surface area (Å²) in [5, 5.41) is 5.49. The molecule has 40 heavy (non-hydrogen) atoms. The number of nitrogens with one attached hydrogen (secondary N) is 2. The highest BCUT2D eigenvalue weighted by Crippen LogP contribution is 2.37. The first-order valence-electron chi connectivity index (χ1n) is 11.9. The number of carbonyl (C=O) groups excluding carboxylic acids is 2. The van der Waals surface area contributed by atoms with Crippen LogP contribution in [0.1, 0.15) is 26.4 Å². The van der Waals surface area contributed by atoms with Crippen molar-refractivity contribution in [2.75, 3.05) is 7.11 Å². The van der Waals surface area contributed by atoms with Gasteiger partial charge in [0, 0.05) is 41.6 Å². The number of rotatable bonds is 7. The van der Waals surface area contributed by atoms with Gasteiger partial charge in [-0.1, -0.05) is 67.7 Å². The van der Waals surface area contributed by atoms with E-state index in [2.05, 4.69) is 47.4 Å². The quantitative estimate of drug-likeness (QED) is 0.0788. The van der Waals surface area contributed by atoms with E-state index in [4.69, 9.17) is 21.1 Å². The van der Waals surface area contributed by atoms with Gasteiger partial charge in [0.25, 0.3) is 5.91 Å². The van der Waals surface area contributed by atoms with E-state index in [-0.39, 0.29) is 5.75 Å². The molecule has 5 aromatic rings. The van der Waals surface area contributed by atoms with Crippen LogP contribution in [-0.2, 0) is 0 Å². The molecular weight excluding hydrogens is 662 g/mol. The Morgan fingerprint density at radius 1 is 0.950 bits per heavy atom. The minimum Gasteiger partial charge on any atom is -0.497 e. The van der Waals surface area contributed by atoms with Gasteiger partial charge in [0.1, 0.15) is 17.2 Å². The molecule has 0 saturated heterocycles. The van der Waals surface area contributed by atoms with E-state index < -0.39 is 11.9 Å². The Hall–Kier alpha value is -3.92. The molecule has 0 unspecified atom stereocenters. The first kappa shape index (κ1) is 27.6. The van der Waals surface area contributed by atoms with Crippen LogP contribution in [-0.4, -0.2) is 30.2 Å². The second kappa shape index (κ2) is 12.1. The smallest absolute Gasteiger partial charge is 0.343 e. The maximum Gasteiger partial charge on any atom is 0.343 e. The summed E-state index contributed by atoms with van der Waals surface area (Å²) < 4.78 is 12.4. The zero-order valence-corrected chi connectivity index (χ0v) is 24.8. The summed E-state index contributed by atoms with van der Waals surface area (Å²) in [7, 11) is 1.52. The number of fused-ring (bicyclic) bond motifs is 1. The minimum atomic E-state index is -0.562. The lowest BCUT2D eigenvalue weighted by Crippen LogP contribution is -2.19. The van der Waals surface area contributed by atoms with E-state index in [1.54, 1.807) is 48.5 Å². The van der Waals surface area contributed by atoms with Crippen LogP contribution in [0.25, 0.3) is 22.0 Å². The summed E-state index contributed by atoms with van der Waals surface area (Å²) in [6, 6.07) is 24.8. The predicted molar refractivity (Wildman–Crippen MR) is 164 cm³/mol. The highest BCUT2D eigenvalue weighted by atomic mass is 79.9. The number of aromatic amines is 1. The summed E-state index contributed by atoms with van der Waals surface area (Å²) in [6.45, 7) is 0. The van der Waals surface area contributed by atoms with Crippen LogP contribution in [0.4, 0.5) is 0 Å². The molecule has 1 amide bonds. The molecule has 1 aromatic heterocycles. The number of ether oxygens (including phenoxy) is 2. The van der Waals surface area contributed by atoms with Gasteiger partial charge in [-0.15, -0.1) is 0 Å². The van der Waals surface area contributed by atoms with Gasteiger partial charge in [-0.25, -0.2) is 10.2 Å². The molecule has 0 bridgehead atoms. The van der Waals surface area contributed by atoms with Gasteiger partial charge in [-0.05, 0) is 60.7 Å². The maximum atomic E-state index is 13.4. The SMILES string of the molecule is COc1cccc(C(=O)Oc2ccc(Br)cc2C=NNC(=O)c2[nH]c3ccc(Br)cc3c2-c2ccccc2Cl)c1. The monoisotopic (exact) mass is 679 g/mol. The Morgan fingerprint density at radius 2 is 1.73 bits per heavy atom. The van der Waals surface area contributed by atoms with Crippen molar-refractivity contribution in [3.63, 3.8) is 0 Å². The van der Waals surface area contributed by atoms with Gasteiger partial charge >= 0.3 is 5.97 Å². The molecule has 1 heterocycles. The van der Waals surface area contributed by atoms with Crippen molar-refractivity contribution < 1.29 is 19.1 Å². The van der Waals surface area contributed by atoms with Crippen molar-refractivity contribution in [2.24, 2.45) is 5.10 Å². The summed E-state index contributed by atoms with van der Waals surface area (Å²) in [4.78, 5) is 29.3. The standard InChI is InChI=1S/C30H20Br2ClN3O4/c1-39-21-6-4-5-17(14-21)30(38)40-26-12-10-19(31)13-18(26)16-34-36-29(37)28-27(22-7-2-3-8-24(22)33)23-15-20(32)9-11-25(23)35-28/h2-16,35H,1H3,(H,36,37). The van der Waals surface area contributed by atoms with E-state index in [0.29, 0.717) is 38.7 Å². The number of carbonyl (C=O) groups is 2. The van der Waals surface area contributed by atoms with Crippen LogP contribution in [0.3, 0.4) is 0 Å². The lowest BCUT2D eigenvalue weighted by molar-refractivity contribution is 0.0733. The van der Waals surface area contributed by atoms with Crippen molar-refractivity contribution in [1.29, 1.82) is 0 Å². The summed E-state index contributed by atoms with van der Waals surface area (Å²) in [6.07, 6.45) is 1.41. The van der Waals surface area contributed by atoms with Gasteiger partial charge in [0.2, 0.25) is 0 Å². The fraction of sp³-hybridized carbons (Fsp3) is 0.0333. The molecule has 0 aliphatic carbocycles. The molecule has 2 N–H and O–H groups in total. The molecule has 0 atom stereocenters. The number of amides is 1. The number of esters is 1. The molecule has 7 nitrogen and oxygen atoms in total. The first-order chi connectivity index (χ1) is 19.3. The molecule has 4 aromatic carbocycles. The number of benzene rings is 4.